The van der Waals surface area contributed by atoms with Crippen molar-refractivity contribution in [2.45, 2.75) is 25.0 Å². The molecule has 1 aromatic heterocycles. The summed E-state index contributed by atoms with van der Waals surface area (Å²) < 4.78 is 11.5. The first-order chi connectivity index (χ1) is 12.6. The Hall–Kier alpha value is -2.93. The number of nitrogens with two attached hydrogens (primary N) is 1. The van der Waals surface area contributed by atoms with Gasteiger partial charge in [-0.2, -0.15) is 0 Å². The lowest BCUT2D eigenvalue weighted by Crippen LogP contribution is -2.52. The minimum absolute atomic E-state index is 0.0932. The van der Waals surface area contributed by atoms with E-state index in [4.69, 9.17) is 15.2 Å². The van der Waals surface area contributed by atoms with Gasteiger partial charge in [0.1, 0.15) is 11.9 Å². The minimum Gasteiger partial charge on any atom is -0.488 e. The molecule has 7 nitrogen and oxygen atoms in total. The molecular weight excluding hydrogens is 334 g/mol. The van der Waals surface area contributed by atoms with E-state index in [1.165, 1.54) is 0 Å². The maximum absolute atomic E-state index is 12.3. The second kappa shape index (κ2) is 8.44. The van der Waals surface area contributed by atoms with Crippen LogP contribution in [0.15, 0.2) is 48.8 Å². The predicted octanol–water partition coefficient (Wildman–Crippen LogP) is 1.08. The molecule has 3 rings (SSSR count). The fourth-order valence-corrected chi connectivity index (χ4v) is 2.81. The molecule has 0 radical (unpaired) electrons. The third kappa shape index (κ3) is 4.80. The van der Waals surface area contributed by atoms with Crippen LogP contribution in [0.5, 0.6) is 5.75 Å². The first-order valence-electron chi connectivity index (χ1n) is 8.44. The van der Waals surface area contributed by atoms with E-state index in [9.17, 15) is 9.59 Å². The molecular formula is C19H21N3O4. The summed E-state index contributed by atoms with van der Waals surface area (Å²) in [5, 5.41) is 2.98. The molecule has 2 aromatic rings. The first kappa shape index (κ1) is 17.9. The summed E-state index contributed by atoms with van der Waals surface area (Å²) in [6.45, 7) is 0.965. The number of carbonyl (C=O) groups excluding carboxylic acids is 2. The Morgan fingerprint density at radius 3 is 2.62 bits per heavy atom. The molecule has 1 aliphatic rings. The molecule has 1 aliphatic heterocycles. The molecule has 0 unspecified atom stereocenters. The van der Waals surface area contributed by atoms with Crippen molar-refractivity contribution in [3.63, 3.8) is 0 Å². The molecule has 0 aliphatic carbocycles. The molecule has 7 heteroatoms. The van der Waals surface area contributed by atoms with E-state index in [-0.39, 0.29) is 24.5 Å². The van der Waals surface area contributed by atoms with Gasteiger partial charge in [-0.25, -0.2) is 0 Å². The van der Waals surface area contributed by atoms with Gasteiger partial charge in [0, 0.05) is 24.4 Å². The number of amides is 2. The zero-order valence-electron chi connectivity index (χ0n) is 14.3. The molecule has 2 amide bonds. The van der Waals surface area contributed by atoms with Crippen LogP contribution in [0, 0.1) is 0 Å². The van der Waals surface area contributed by atoms with Crippen molar-refractivity contribution in [3.8, 4) is 5.75 Å². The van der Waals surface area contributed by atoms with Crippen molar-refractivity contribution in [3.05, 3.63) is 59.9 Å². The number of aromatic nitrogens is 1. The van der Waals surface area contributed by atoms with E-state index in [1.54, 1.807) is 36.7 Å². The van der Waals surface area contributed by atoms with Crippen LogP contribution in [-0.4, -0.2) is 42.2 Å². The molecule has 3 N–H and O–H groups in total. The van der Waals surface area contributed by atoms with Crippen LogP contribution in [0.25, 0.3) is 0 Å². The summed E-state index contributed by atoms with van der Waals surface area (Å²) in [5.74, 6) is 0.0449. The highest BCUT2D eigenvalue weighted by molar-refractivity contribution is 5.92. The second-order valence-corrected chi connectivity index (χ2v) is 6.11. The first-order valence-corrected chi connectivity index (χ1v) is 8.44. The van der Waals surface area contributed by atoms with Gasteiger partial charge in [0.05, 0.1) is 25.7 Å². The number of pyridine rings is 1. The van der Waals surface area contributed by atoms with E-state index in [2.05, 4.69) is 10.3 Å². The quantitative estimate of drug-likeness (QED) is 0.807. The SMILES string of the molecule is NC(=O)c1ccc(O[C@@H]2CCOC[C@H]2NC(=O)Cc2ccncc2)cc1. The van der Waals surface area contributed by atoms with Crippen LogP contribution in [0.2, 0.25) is 0 Å². The van der Waals surface area contributed by atoms with Crippen LogP contribution < -0.4 is 15.8 Å². The van der Waals surface area contributed by atoms with Gasteiger partial charge in [-0.15, -0.1) is 0 Å². The number of nitrogens with one attached hydrogen (secondary N) is 1. The lowest BCUT2D eigenvalue weighted by Gasteiger charge is -2.32. The predicted molar refractivity (Wildman–Crippen MR) is 94.7 cm³/mol. The number of rotatable bonds is 6. The van der Waals surface area contributed by atoms with Crippen molar-refractivity contribution < 1.29 is 19.1 Å². The van der Waals surface area contributed by atoms with Crippen molar-refractivity contribution in [1.82, 2.24) is 10.3 Å². The van der Waals surface area contributed by atoms with Gasteiger partial charge in [0.15, 0.2) is 0 Å². The molecule has 26 heavy (non-hydrogen) atoms. The van der Waals surface area contributed by atoms with Gasteiger partial charge >= 0.3 is 0 Å². The molecule has 0 spiro atoms. The monoisotopic (exact) mass is 355 g/mol. The Bertz CT molecular complexity index is 749. The highest BCUT2D eigenvalue weighted by Gasteiger charge is 2.29. The third-order valence-electron chi connectivity index (χ3n) is 4.18. The number of primary amides is 1. The Morgan fingerprint density at radius 2 is 1.92 bits per heavy atom. The molecule has 1 fully saturated rings. The summed E-state index contributed by atoms with van der Waals surface area (Å²) >= 11 is 0. The van der Waals surface area contributed by atoms with Crippen molar-refractivity contribution in [2.24, 2.45) is 5.73 Å². The average molecular weight is 355 g/mol. The van der Waals surface area contributed by atoms with E-state index < -0.39 is 5.91 Å². The Morgan fingerprint density at radius 1 is 1.19 bits per heavy atom. The zero-order valence-corrected chi connectivity index (χ0v) is 14.3. The normalized spacial score (nSPS) is 19.5. The second-order valence-electron chi connectivity index (χ2n) is 6.11. The maximum atomic E-state index is 12.3. The minimum atomic E-state index is -0.483. The summed E-state index contributed by atoms with van der Waals surface area (Å²) in [6, 6.07) is 10.0. The average Bonchev–Trinajstić information content (AvgIpc) is 2.64. The van der Waals surface area contributed by atoms with Gasteiger partial charge in [0.25, 0.3) is 0 Å². The molecule has 1 aromatic carbocycles. The number of hydrogen-bond donors (Lipinski definition) is 2. The fraction of sp³-hybridized carbons (Fsp3) is 0.316. The molecule has 0 bridgehead atoms. The third-order valence-corrected chi connectivity index (χ3v) is 4.18. The van der Waals surface area contributed by atoms with E-state index in [1.807, 2.05) is 12.1 Å². The number of hydrogen-bond acceptors (Lipinski definition) is 5. The molecule has 2 atom stereocenters. The number of carbonyl (C=O) groups is 2. The van der Waals surface area contributed by atoms with E-state index >= 15 is 0 Å². The van der Waals surface area contributed by atoms with E-state index in [0.29, 0.717) is 30.9 Å². The Balaban J connectivity index is 1.60. The topological polar surface area (TPSA) is 104 Å². The van der Waals surface area contributed by atoms with Gasteiger partial charge in [-0.3, -0.25) is 14.6 Å². The van der Waals surface area contributed by atoms with Crippen LogP contribution in [0.3, 0.4) is 0 Å². The maximum Gasteiger partial charge on any atom is 0.248 e. The standard InChI is InChI=1S/C19H21N3O4/c20-19(24)14-1-3-15(4-2-14)26-17-7-10-25-12-16(17)22-18(23)11-13-5-8-21-9-6-13/h1-6,8-9,16-17H,7,10-12H2,(H2,20,24)(H,22,23)/t16-,17-/m1/s1. The number of nitrogens with zero attached hydrogens (tertiary/aromatic N) is 1. The highest BCUT2D eigenvalue weighted by atomic mass is 16.5. The van der Waals surface area contributed by atoms with Gasteiger partial charge in [-0.05, 0) is 42.0 Å². The molecule has 0 saturated carbocycles. The summed E-state index contributed by atoms with van der Waals surface area (Å²) in [5.41, 5.74) is 6.56. The van der Waals surface area contributed by atoms with Crippen LogP contribution in [0.4, 0.5) is 0 Å². The van der Waals surface area contributed by atoms with Gasteiger partial charge in [0.2, 0.25) is 11.8 Å². The van der Waals surface area contributed by atoms with Crippen LogP contribution >= 0.6 is 0 Å². The zero-order chi connectivity index (χ0) is 18.4. The summed E-state index contributed by atoms with van der Waals surface area (Å²) in [4.78, 5) is 27.4. The number of ether oxygens (including phenoxy) is 2. The number of benzene rings is 1. The fourth-order valence-electron chi connectivity index (χ4n) is 2.81. The van der Waals surface area contributed by atoms with Crippen molar-refractivity contribution in [2.75, 3.05) is 13.2 Å². The molecule has 1 saturated heterocycles. The lowest BCUT2D eigenvalue weighted by atomic mass is 10.1. The summed E-state index contributed by atoms with van der Waals surface area (Å²) in [6.07, 6.45) is 4.06. The van der Waals surface area contributed by atoms with Gasteiger partial charge < -0.3 is 20.5 Å². The van der Waals surface area contributed by atoms with Crippen molar-refractivity contribution >= 4 is 11.8 Å². The molecule has 136 valence electrons. The van der Waals surface area contributed by atoms with Gasteiger partial charge in [-0.1, -0.05) is 0 Å². The van der Waals surface area contributed by atoms with Crippen molar-refractivity contribution in [1.29, 1.82) is 0 Å². The Kier molecular flexibility index (Phi) is 5.80. The lowest BCUT2D eigenvalue weighted by molar-refractivity contribution is -0.123. The smallest absolute Gasteiger partial charge is 0.248 e. The van der Waals surface area contributed by atoms with Crippen LogP contribution in [0.1, 0.15) is 22.3 Å². The van der Waals surface area contributed by atoms with Crippen LogP contribution in [-0.2, 0) is 16.0 Å². The highest BCUT2D eigenvalue weighted by Crippen LogP contribution is 2.19. The largest absolute Gasteiger partial charge is 0.488 e. The summed E-state index contributed by atoms with van der Waals surface area (Å²) in [7, 11) is 0. The Labute approximate surface area is 151 Å². The molecule has 2 heterocycles. The van der Waals surface area contributed by atoms with E-state index in [0.717, 1.165) is 5.56 Å².